The molecular formula is C10H10O. The summed E-state index contributed by atoms with van der Waals surface area (Å²) in [6.45, 7) is 7.56. The van der Waals surface area contributed by atoms with Crippen molar-refractivity contribution in [3.63, 3.8) is 0 Å². The van der Waals surface area contributed by atoms with Gasteiger partial charge in [-0.2, -0.15) is 0 Å². The van der Waals surface area contributed by atoms with Gasteiger partial charge in [0.05, 0.1) is 0 Å². The first-order valence-corrected chi connectivity index (χ1v) is 3.44. The van der Waals surface area contributed by atoms with Gasteiger partial charge < -0.3 is 4.79 Å². The van der Waals surface area contributed by atoms with Crippen LogP contribution in [0, 0.1) is 0 Å². The summed E-state index contributed by atoms with van der Waals surface area (Å²) >= 11 is 0. The van der Waals surface area contributed by atoms with E-state index < -0.39 is 0 Å². The van der Waals surface area contributed by atoms with Crippen molar-refractivity contribution in [1.82, 2.24) is 0 Å². The fourth-order valence-corrected chi connectivity index (χ4v) is 0.902. The molecule has 56 valence electrons. The van der Waals surface area contributed by atoms with E-state index in [9.17, 15) is 4.79 Å². The third kappa shape index (κ3) is 1.77. The second kappa shape index (κ2) is 3.15. The number of benzene rings is 1. The van der Waals surface area contributed by atoms with E-state index in [2.05, 4.69) is 13.2 Å². The van der Waals surface area contributed by atoms with Crippen molar-refractivity contribution < 1.29 is 4.79 Å². The van der Waals surface area contributed by atoms with Crippen molar-refractivity contribution >= 4 is 19.4 Å². The molecule has 0 atom stereocenters. The van der Waals surface area contributed by atoms with Gasteiger partial charge in [-0.15, -0.1) is 0 Å². The molecule has 0 fully saturated rings. The zero-order valence-electron chi connectivity index (χ0n) is 6.34. The van der Waals surface area contributed by atoms with Crippen LogP contribution in [0.4, 0.5) is 0 Å². The summed E-state index contributed by atoms with van der Waals surface area (Å²) < 4.78 is 0. The van der Waals surface area contributed by atoms with Crippen LogP contribution >= 0.6 is 0 Å². The lowest BCUT2D eigenvalue weighted by Gasteiger charge is -1.93. The van der Waals surface area contributed by atoms with Gasteiger partial charge in [-0.1, -0.05) is 31.4 Å². The van der Waals surface area contributed by atoms with E-state index in [1.165, 1.54) is 0 Å². The van der Waals surface area contributed by atoms with E-state index in [0.717, 1.165) is 22.3 Å². The summed E-state index contributed by atoms with van der Waals surface area (Å²) in [4.78, 5) is 10.1. The molecule has 0 radical (unpaired) electrons. The number of carbonyl (C=O) groups excluding carboxylic acids is 1. The Bertz CT molecular complexity index is 352. The summed E-state index contributed by atoms with van der Waals surface area (Å²) in [5.41, 5.74) is 0.998. The predicted octanol–water partition coefficient (Wildman–Crippen LogP) is 0.249. The quantitative estimate of drug-likeness (QED) is 0.546. The van der Waals surface area contributed by atoms with Crippen LogP contribution in [0.2, 0.25) is 0 Å². The van der Waals surface area contributed by atoms with Gasteiger partial charge in [0, 0.05) is 6.42 Å². The van der Waals surface area contributed by atoms with Crippen molar-refractivity contribution in [2.24, 2.45) is 0 Å². The number of aldehydes is 1. The van der Waals surface area contributed by atoms with E-state index in [0.29, 0.717) is 6.42 Å². The molecule has 0 aliphatic rings. The highest BCUT2D eigenvalue weighted by molar-refractivity contribution is 5.54. The highest BCUT2D eigenvalue weighted by Gasteiger charge is 1.88. The van der Waals surface area contributed by atoms with Gasteiger partial charge in [0.1, 0.15) is 6.29 Å². The van der Waals surface area contributed by atoms with Crippen molar-refractivity contribution in [2.45, 2.75) is 6.42 Å². The molecule has 1 rings (SSSR count). The SMILES string of the molecule is C=c1ccc(CC=O)cc1=C. The van der Waals surface area contributed by atoms with Gasteiger partial charge in [-0.3, -0.25) is 0 Å². The molecule has 0 N–H and O–H groups in total. The topological polar surface area (TPSA) is 17.1 Å². The third-order valence-corrected chi connectivity index (χ3v) is 1.59. The zero-order valence-corrected chi connectivity index (χ0v) is 6.34. The summed E-state index contributed by atoms with van der Waals surface area (Å²) in [6.07, 6.45) is 1.35. The Morgan fingerprint density at radius 1 is 1.27 bits per heavy atom. The van der Waals surface area contributed by atoms with Crippen molar-refractivity contribution in [2.75, 3.05) is 0 Å². The normalized spacial score (nSPS) is 9.45. The number of carbonyl (C=O) groups is 1. The van der Waals surface area contributed by atoms with Crippen molar-refractivity contribution in [1.29, 1.82) is 0 Å². The standard InChI is InChI=1S/C10H10O/c1-8-3-4-10(5-6-11)7-9(8)2/h3-4,6-7H,1-2,5H2. The molecule has 0 heterocycles. The molecule has 0 saturated carbocycles. The maximum Gasteiger partial charge on any atom is 0.124 e. The minimum absolute atomic E-state index is 0.461. The molecule has 0 aromatic heterocycles. The molecule has 0 spiro atoms. The lowest BCUT2D eigenvalue weighted by Crippen LogP contribution is -2.21. The van der Waals surface area contributed by atoms with Crippen LogP contribution in [0.1, 0.15) is 5.56 Å². The van der Waals surface area contributed by atoms with Crippen molar-refractivity contribution in [3.8, 4) is 0 Å². The number of hydrogen-bond donors (Lipinski definition) is 0. The molecule has 0 saturated heterocycles. The van der Waals surface area contributed by atoms with Crippen LogP contribution < -0.4 is 10.4 Å². The zero-order chi connectivity index (χ0) is 8.27. The Kier molecular flexibility index (Phi) is 2.21. The lowest BCUT2D eigenvalue weighted by molar-refractivity contribution is -0.107. The molecule has 11 heavy (non-hydrogen) atoms. The maximum atomic E-state index is 10.1. The first-order valence-electron chi connectivity index (χ1n) is 3.44. The van der Waals surface area contributed by atoms with Crippen LogP contribution in [-0.2, 0) is 11.2 Å². The average Bonchev–Trinajstić information content (AvgIpc) is 1.98. The maximum absolute atomic E-state index is 10.1. The van der Waals surface area contributed by atoms with Crippen LogP contribution in [0.15, 0.2) is 18.2 Å². The second-order valence-corrected chi connectivity index (χ2v) is 2.47. The number of rotatable bonds is 2. The van der Waals surface area contributed by atoms with E-state index in [1.54, 1.807) is 0 Å². The van der Waals surface area contributed by atoms with Crippen molar-refractivity contribution in [3.05, 3.63) is 34.2 Å². The first-order chi connectivity index (χ1) is 5.24. The molecule has 1 aromatic rings. The highest BCUT2D eigenvalue weighted by atomic mass is 16.1. The molecule has 0 amide bonds. The van der Waals surface area contributed by atoms with E-state index in [-0.39, 0.29) is 0 Å². The molecule has 1 heteroatoms. The molecular weight excluding hydrogens is 136 g/mol. The molecule has 1 aromatic carbocycles. The number of hydrogen-bond acceptors (Lipinski definition) is 1. The molecule has 0 aliphatic heterocycles. The van der Waals surface area contributed by atoms with Gasteiger partial charge >= 0.3 is 0 Å². The minimum atomic E-state index is 0.461. The van der Waals surface area contributed by atoms with Gasteiger partial charge in [-0.25, -0.2) is 0 Å². The first kappa shape index (κ1) is 7.73. The Morgan fingerprint density at radius 3 is 2.55 bits per heavy atom. The van der Waals surface area contributed by atoms with Crippen LogP contribution in [0.3, 0.4) is 0 Å². The Hall–Kier alpha value is -1.37. The predicted molar refractivity (Wildman–Crippen MR) is 46.5 cm³/mol. The minimum Gasteiger partial charge on any atom is -0.303 e. The third-order valence-electron chi connectivity index (χ3n) is 1.59. The van der Waals surface area contributed by atoms with Gasteiger partial charge in [0.25, 0.3) is 0 Å². The van der Waals surface area contributed by atoms with E-state index >= 15 is 0 Å². The van der Waals surface area contributed by atoms with Gasteiger partial charge in [0.15, 0.2) is 0 Å². The summed E-state index contributed by atoms with van der Waals surface area (Å²) in [5, 5.41) is 1.81. The summed E-state index contributed by atoms with van der Waals surface area (Å²) in [5.74, 6) is 0. The molecule has 0 unspecified atom stereocenters. The summed E-state index contributed by atoms with van der Waals surface area (Å²) in [6, 6.07) is 5.66. The monoisotopic (exact) mass is 146 g/mol. The smallest absolute Gasteiger partial charge is 0.124 e. The Balaban J connectivity index is 3.15. The summed E-state index contributed by atoms with van der Waals surface area (Å²) in [7, 11) is 0. The highest BCUT2D eigenvalue weighted by Crippen LogP contribution is 1.89. The average molecular weight is 146 g/mol. The Morgan fingerprint density at radius 2 is 2.00 bits per heavy atom. The lowest BCUT2D eigenvalue weighted by atomic mass is 10.1. The second-order valence-electron chi connectivity index (χ2n) is 2.47. The van der Waals surface area contributed by atoms with Gasteiger partial charge in [-0.05, 0) is 16.0 Å². The van der Waals surface area contributed by atoms with E-state index in [4.69, 9.17) is 0 Å². The Labute approximate surface area is 65.7 Å². The molecule has 0 bridgehead atoms. The van der Waals surface area contributed by atoms with Crippen LogP contribution in [0.5, 0.6) is 0 Å². The van der Waals surface area contributed by atoms with Crippen LogP contribution in [0.25, 0.3) is 13.2 Å². The van der Waals surface area contributed by atoms with Crippen LogP contribution in [-0.4, -0.2) is 6.29 Å². The largest absolute Gasteiger partial charge is 0.303 e. The molecule has 0 aliphatic carbocycles. The fraction of sp³-hybridized carbons (Fsp3) is 0.100. The van der Waals surface area contributed by atoms with Gasteiger partial charge in [0.2, 0.25) is 0 Å². The molecule has 1 nitrogen and oxygen atoms in total. The van der Waals surface area contributed by atoms with E-state index in [1.807, 2.05) is 18.2 Å². The fourth-order valence-electron chi connectivity index (χ4n) is 0.902.